The molecule has 0 radical (unpaired) electrons. The Bertz CT molecular complexity index is 1470. The van der Waals surface area contributed by atoms with Crippen LogP contribution in [-0.4, -0.2) is 28.8 Å². The molecular formula is C26H20Cl2F2N4O2. The smallest absolute Gasteiger partial charge is 0.269 e. The number of hydrogen-bond donors (Lipinski definition) is 2. The minimum absolute atomic E-state index is 0.169. The third-order valence-electron chi connectivity index (χ3n) is 5.75. The van der Waals surface area contributed by atoms with Crippen LogP contribution in [-0.2, 0) is 12.8 Å². The number of nitrogens with two attached hydrogens (primary N) is 1. The largest absolute Gasteiger partial charge is 0.364 e. The maximum atomic E-state index is 13.5. The van der Waals surface area contributed by atoms with E-state index in [1.807, 2.05) is 12.1 Å². The minimum atomic E-state index is -0.638. The molecule has 0 spiro atoms. The lowest BCUT2D eigenvalue weighted by atomic mass is 9.88. The lowest BCUT2D eigenvalue weighted by Gasteiger charge is -2.20. The molecule has 3 aromatic carbocycles. The highest BCUT2D eigenvalue weighted by atomic mass is 35.5. The number of amides is 2. The number of nitrogens with zero attached hydrogens (tertiary/aromatic N) is 2. The zero-order valence-corrected chi connectivity index (χ0v) is 20.5. The third kappa shape index (κ3) is 4.69. The number of carbonyl (C=O) groups excluding carboxylic acids is 2. The van der Waals surface area contributed by atoms with E-state index >= 15 is 0 Å². The average molecular weight is 529 g/mol. The zero-order valence-electron chi connectivity index (χ0n) is 19.0. The Morgan fingerprint density at radius 1 is 1.03 bits per heavy atom. The van der Waals surface area contributed by atoms with Crippen molar-refractivity contribution in [1.29, 1.82) is 0 Å². The molecule has 10 heteroatoms. The molecule has 6 nitrogen and oxygen atoms in total. The number of primary amides is 1. The summed E-state index contributed by atoms with van der Waals surface area (Å²) < 4.78 is 24.6. The monoisotopic (exact) mass is 528 g/mol. The molecule has 3 N–H and O–H groups in total. The molecule has 1 aliphatic rings. The fourth-order valence-corrected chi connectivity index (χ4v) is 4.55. The van der Waals surface area contributed by atoms with Gasteiger partial charge in [-0.3, -0.25) is 14.0 Å². The van der Waals surface area contributed by atoms with Crippen molar-refractivity contribution in [2.45, 2.75) is 12.8 Å². The van der Waals surface area contributed by atoms with Gasteiger partial charge in [-0.15, -0.1) is 0 Å². The Balaban J connectivity index is 0.00000148. The maximum Gasteiger partial charge on any atom is 0.269 e. The first-order valence-electron chi connectivity index (χ1n) is 10.8. The molecule has 5 rings (SSSR count). The SMILES string of the molecule is CF.NC(=O)c1nn(-c2ccc(F)cc2)c2c1CCc1ccc(NC(=O)c3cccc(Cl)c3Cl)cc1-2. The fraction of sp³-hybridized carbons (Fsp3) is 0.115. The summed E-state index contributed by atoms with van der Waals surface area (Å²) in [7, 11) is 0.500. The number of rotatable bonds is 4. The number of aryl methyl sites for hydroxylation is 1. The lowest BCUT2D eigenvalue weighted by molar-refractivity contribution is 0.0992. The summed E-state index contributed by atoms with van der Waals surface area (Å²) in [6.07, 6.45) is 1.25. The quantitative estimate of drug-likeness (QED) is 0.339. The molecule has 1 aromatic heterocycles. The molecule has 36 heavy (non-hydrogen) atoms. The van der Waals surface area contributed by atoms with Crippen LogP contribution in [0.5, 0.6) is 0 Å². The molecule has 1 aliphatic carbocycles. The Kier molecular flexibility index (Phi) is 7.37. The van der Waals surface area contributed by atoms with Crippen LogP contribution in [0.1, 0.15) is 32.0 Å². The van der Waals surface area contributed by atoms with Gasteiger partial charge in [0.2, 0.25) is 0 Å². The second kappa shape index (κ2) is 10.5. The van der Waals surface area contributed by atoms with Crippen LogP contribution < -0.4 is 11.1 Å². The van der Waals surface area contributed by atoms with Gasteiger partial charge in [0.15, 0.2) is 5.69 Å². The van der Waals surface area contributed by atoms with Gasteiger partial charge in [0.1, 0.15) is 5.82 Å². The van der Waals surface area contributed by atoms with Gasteiger partial charge in [0.05, 0.1) is 34.2 Å². The zero-order chi connectivity index (χ0) is 26.0. The van der Waals surface area contributed by atoms with Crippen molar-refractivity contribution in [2.24, 2.45) is 5.73 Å². The van der Waals surface area contributed by atoms with Crippen molar-refractivity contribution in [3.63, 3.8) is 0 Å². The number of hydrogen-bond acceptors (Lipinski definition) is 3. The lowest BCUT2D eigenvalue weighted by Crippen LogP contribution is -2.16. The molecule has 0 saturated heterocycles. The topological polar surface area (TPSA) is 90.0 Å². The minimum Gasteiger partial charge on any atom is -0.364 e. The van der Waals surface area contributed by atoms with E-state index in [1.54, 1.807) is 41.1 Å². The highest BCUT2D eigenvalue weighted by Crippen LogP contribution is 2.38. The maximum absolute atomic E-state index is 13.5. The molecule has 184 valence electrons. The molecule has 0 saturated carbocycles. The number of benzene rings is 3. The predicted octanol–water partition coefficient (Wildman–Crippen LogP) is 6.02. The van der Waals surface area contributed by atoms with E-state index in [9.17, 15) is 18.4 Å². The van der Waals surface area contributed by atoms with E-state index in [0.717, 1.165) is 11.1 Å². The summed E-state index contributed by atoms with van der Waals surface area (Å²) >= 11 is 12.2. The Morgan fingerprint density at radius 2 is 1.75 bits per heavy atom. The van der Waals surface area contributed by atoms with Crippen molar-refractivity contribution in [3.05, 3.63) is 98.9 Å². The third-order valence-corrected chi connectivity index (χ3v) is 6.57. The van der Waals surface area contributed by atoms with Crippen LogP contribution in [0.2, 0.25) is 10.0 Å². The van der Waals surface area contributed by atoms with Gasteiger partial charge in [-0.2, -0.15) is 5.10 Å². The number of carbonyl (C=O) groups is 2. The number of halogens is 4. The number of alkyl halides is 1. The van der Waals surface area contributed by atoms with E-state index in [0.29, 0.717) is 42.7 Å². The van der Waals surface area contributed by atoms with E-state index in [2.05, 4.69) is 10.4 Å². The second-order valence-electron chi connectivity index (χ2n) is 7.86. The van der Waals surface area contributed by atoms with Crippen molar-refractivity contribution >= 4 is 40.7 Å². The van der Waals surface area contributed by atoms with Gasteiger partial charge in [-0.1, -0.05) is 35.3 Å². The Morgan fingerprint density at radius 3 is 2.44 bits per heavy atom. The van der Waals surface area contributed by atoms with Crippen LogP contribution in [0.3, 0.4) is 0 Å². The molecule has 0 aliphatic heterocycles. The van der Waals surface area contributed by atoms with Gasteiger partial charge in [-0.05, 0) is 66.9 Å². The van der Waals surface area contributed by atoms with Crippen LogP contribution in [0, 0.1) is 5.82 Å². The predicted molar refractivity (Wildman–Crippen MR) is 136 cm³/mol. The molecule has 4 aromatic rings. The van der Waals surface area contributed by atoms with Gasteiger partial charge in [0, 0.05) is 16.8 Å². The number of nitrogens with one attached hydrogen (secondary N) is 1. The first kappa shape index (κ1) is 25.3. The molecule has 2 amide bonds. The summed E-state index contributed by atoms with van der Waals surface area (Å²) in [5.74, 6) is -1.43. The first-order valence-corrected chi connectivity index (χ1v) is 11.5. The molecule has 0 unspecified atom stereocenters. The van der Waals surface area contributed by atoms with Gasteiger partial charge in [-0.25, -0.2) is 9.07 Å². The van der Waals surface area contributed by atoms with Gasteiger partial charge >= 0.3 is 0 Å². The van der Waals surface area contributed by atoms with Crippen molar-refractivity contribution in [2.75, 3.05) is 12.5 Å². The van der Waals surface area contributed by atoms with Crippen LogP contribution in [0.4, 0.5) is 14.5 Å². The van der Waals surface area contributed by atoms with E-state index < -0.39 is 11.8 Å². The fourth-order valence-electron chi connectivity index (χ4n) is 4.16. The Hall–Kier alpha value is -3.75. The number of aromatic nitrogens is 2. The second-order valence-corrected chi connectivity index (χ2v) is 8.64. The number of fused-ring (bicyclic) bond motifs is 3. The van der Waals surface area contributed by atoms with Crippen LogP contribution in [0.25, 0.3) is 16.9 Å². The van der Waals surface area contributed by atoms with Crippen LogP contribution >= 0.6 is 23.2 Å². The van der Waals surface area contributed by atoms with Crippen molar-refractivity contribution in [3.8, 4) is 16.9 Å². The Labute approximate surface area is 215 Å². The van der Waals surface area contributed by atoms with E-state index in [1.165, 1.54) is 12.1 Å². The summed E-state index contributed by atoms with van der Waals surface area (Å²) in [5, 5.41) is 7.75. The molecular weight excluding hydrogens is 509 g/mol. The molecule has 1 heterocycles. The molecule has 0 atom stereocenters. The summed E-state index contributed by atoms with van der Waals surface area (Å²) in [6, 6.07) is 16.2. The first-order chi connectivity index (χ1) is 17.3. The summed E-state index contributed by atoms with van der Waals surface area (Å²) in [5.41, 5.74) is 10.3. The van der Waals surface area contributed by atoms with E-state index in [4.69, 9.17) is 28.9 Å². The van der Waals surface area contributed by atoms with Gasteiger partial charge in [0.25, 0.3) is 11.8 Å². The van der Waals surface area contributed by atoms with Crippen LogP contribution in [0.15, 0.2) is 60.7 Å². The molecule has 0 bridgehead atoms. The van der Waals surface area contributed by atoms with Crippen molar-refractivity contribution < 1.29 is 18.4 Å². The standard InChI is InChI=1S/C25H17Cl2FN4O2.CH3F/c26-20-3-1-2-17(21(20)27)25(34)30-15-8-4-13-5-11-18-22(24(29)33)31-32(23(18)19(13)12-15)16-9-6-14(28)7-10-16;1-2/h1-4,6-10,12H,5,11H2,(H2,29,33)(H,30,34);1H3. The van der Waals surface area contributed by atoms with E-state index in [-0.39, 0.29) is 27.1 Å². The number of anilines is 1. The van der Waals surface area contributed by atoms with Crippen molar-refractivity contribution in [1.82, 2.24) is 9.78 Å². The average Bonchev–Trinajstić information content (AvgIpc) is 3.28. The summed E-state index contributed by atoms with van der Waals surface area (Å²) in [6.45, 7) is 0. The van der Waals surface area contributed by atoms with Gasteiger partial charge < -0.3 is 11.1 Å². The molecule has 0 fully saturated rings. The highest BCUT2D eigenvalue weighted by molar-refractivity contribution is 6.44. The highest BCUT2D eigenvalue weighted by Gasteiger charge is 2.28. The summed E-state index contributed by atoms with van der Waals surface area (Å²) in [4.78, 5) is 25.0. The normalized spacial score (nSPS) is 11.6.